The zero-order chi connectivity index (χ0) is 7.56. The highest BCUT2D eigenvalue weighted by molar-refractivity contribution is 5.88. The summed E-state index contributed by atoms with van der Waals surface area (Å²) in [4.78, 5) is 10.3. The molecule has 2 N–H and O–H groups in total. The summed E-state index contributed by atoms with van der Waals surface area (Å²) < 4.78 is 0. The molecule has 1 heterocycles. The molecule has 0 aliphatic carbocycles. The van der Waals surface area contributed by atoms with Crippen molar-refractivity contribution < 1.29 is 9.90 Å². The van der Waals surface area contributed by atoms with E-state index in [4.69, 9.17) is 5.11 Å². The first kappa shape index (κ1) is 6.47. The lowest BCUT2D eigenvalue weighted by molar-refractivity contribution is 0.0690. The third kappa shape index (κ3) is 0.883. The largest absolute Gasteiger partial charge is 0.476 e. The molecule has 1 aromatic rings. The highest BCUT2D eigenvalue weighted by Gasteiger charge is 2.10. The Kier molecular flexibility index (Phi) is 1.49. The monoisotopic (exact) mass is 139 g/mol. The molecular formula is C5H5N3O2. The second kappa shape index (κ2) is 2.30. The first-order valence-corrected chi connectivity index (χ1v) is 2.52. The Bertz CT molecular complexity index is 266. The quantitative estimate of drug-likeness (QED) is 0.611. The number of carboxylic acid groups (broad SMARTS) is 1. The van der Waals surface area contributed by atoms with E-state index in [1.165, 1.54) is 6.08 Å². The van der Waals surface area contributed by atoms with Crippen LogP contribution in [0.2, 0.25) is 0 Å². The van der Waals surface area contributed by atoms with E-state index in [0.29, 0.717) is 5.69 Å². The molecule has 5 heteroatoms. The van der Waals surface area contributed by atoms with Crippen LogP contribution in [0.25, 0.3) is 6.08 Å². The molecule has 5 nitrogen and oxygen atoms in total. The molecule has 0 radical (unpaired) electrons. The molecule has 52 valence electrons. The standard InChI is InChI=1S/C5H5N3O2/c1-2-3-4(5(9)10)7-8-6-3/h2H,1H2,(H,9,10)(H,6,7,8). The van der Waals surface area contributed by atoms with Crippen LogP contribution in [0.15, 0.2) is 6.58 Å². The minimum Gasteiger partial charge on any atom is -0.476 e. The van der Waals surface area contributed by atoms with Crippen molar-refractivity contribution in [2.45, 2.75) is 0 Å². The number of carboxylic acids is 1. The third-order valence-electron chi connectivity index (χ3n) is 0.982. The second-order valence-electron chi connectivity index (χ2n) is 1.58. The van der Waals surface area contributed by atoms with E-state index in [9.17, 15) is 4.79 Å². The molecule has 0 unspecified atom stereocenters. The molecule has 0 aromatic carbocycles. The number of hydrogen-bond acceptors (Lipinski definition) is 3. The van der Waals surface area contributed by atoms with E-state index >= 15 is 0 Å². The fourth-order valence-corrected chi connectivity index (χ4v) is 0.536. The highest BCUT2D eigenvalue weighted by atomic mass is 16.4. The van der Waals surface area contributed by atoms with Gasteiger partial charge in [0.2, 0.25) is 0 Å². The minimum atomic E-state index is -1.11. The zero-order valence-electron chi connectivity index (χ0n) is 5.03. The van der Waals surface area contributed by atoms with Crippen LogP contribution in [-0.2, 0) is 0 Å². The van der Waals surface area contributed by atoms with Crippen LogP contribution in [0.4, 0.5) is 0 Å². The first-order valence-electron chi connectivity index (χ1n) is 2.52. The fraction of sp³-hybridized carbons (Fsp3) is 0. The Hall–Kier alpha value is -1.65. The van der Waals surface area contributed by atoms with Gasteiger partial charge in [-0.05, 0) is 6.08 Å². The van der Waals surface area contributed by atoms with Gasteiger partial charge in [0.25, 0.3) is 0 Å². The summed E-state index contributed by atoms with van der Waals surface area (Å²) in [6.45, 7) is 3.37. The number of aromatic carboxylic acids is 1. The van der Waals surface area contributed by atoms with Crippen molar-refractivity contribution in [2.75, 3.05) is 0 Å². The van der Waals surface area contributed by atoms with Crippen molar-refractivity contribution in [1.82, 2.24) is 15.4 Å². The molecular weight excluding hydrogens is 134 g/mol. The number of hydrogen-bond donors (Lipinski definition) is 2. The summed E-state index contributed by atoms with van der Waals surface area (Å²) in [7, 11) is 0. The molecule has 0 amide bonds. The topological polar surface area (TPSA) is 78.9 Å². The van der Waals surface area contributed by atoms with Crippen LogP contribution >= 0.6 is 0 Å². The maximum atomic E-state index is 10.3. The molecule has 0 spiro atoms. The van der Waals surface area contributed by atoms with E-state index in [1.807, 2.05) is 0 Å². The lowest BCUT2D eigenvalue weighted by Crippen LogP contribution is -1.98. The van der Waals surface area contributed by atoms with E-state index in [2.05, 4.69) is 22.0 Å². The van der Waals surface area contributed by atoms with Crippen LogP contribution in [0.1, 0.15) is 16.2 Å². The Morgan fingerprint density at radius 3 is 2.90 bits per heavy atom. The van der Waals surface area contributed by atoms with Crippen molar-refractivity contribution in [2.24, 2.45) is 0 Å². The molecule has 1 rings (SSSR count). The summed E-state index contributed by atoms with van der Waals surface area (Å²) >= 11 is 0. The van der Waals surface area contributed by atoms with Gasteiger partial charge < -0.3 is 5.11 Å². The molecule has 0 aliphatic heterocycles. The lowest BCUT2D eigenvalue weighted by Gasteiger charge is -1.84. The van der Waals surface area contributed by atoms with Gasteiger partial charge in [0.05, 0.1) is 5.69 Å². The Morgan fingerprint density at radius 1 is 1.80 bits per heavy atom. The van der Waals surface area contributed by atoms with Crippen molar-refractivity contribution >= 4 is 12.0 Å². The molecule has 0 saturated heterocycles. The highest BCUT2D eigenvalue weighted by Crippen LogP contribution is 2.00. The molecule has 10 heavy (non-hydrogen) atoms. The summed E-state index contributed by atoms with van der Waals surface area (Å²) in [6, 6.07) is 0. The first-order chi connectivity index (χ1) is 4.75. The van der Waals surface area contributed by atoms with Gasteiger partial charge in [0.1, 0.15) is 0 Å². The number of rotatable bonds is 2. The maximum absolute atomic E-state index is 10.3. The Balaban J connectivity index is 3.13. The summed E-state index contributed by atoms with van der Waals surface area (Å²) in [5, 5.41) is 17.4. The van der Waals surface area contributed by atoms with Crippen LogP contribution in [0.5, 0.6) is 0 Å². The van der Waals surface area contributed by atoms with Gasteiger partial charge in [-0.3, -0.25) is 5.10 Å². The number of nitrogens with zero attached hydrogens (tertiary/aromatic N) is 2. The molecule has 0 bridgehead atoms. The smallest absolute Gasteiger partial charge is 0.358 e. The molecule has 1 aromatic heterocycles. The maximum Gasteiger partial charge on any atom is 0.358 e. The van der Waals surface area contributed by atoms with Crippen molar-refractivity contribution in [3.63, 3.8) is 0 Å². The van der Waals surface area contributed by atoms with Gasteiger partial charge in [0.15, 0.2) is 5.69 Å². The number of aromatic nitrogens is 3. The third-order valence-corrected chi connectivity index (χ3v) is 0.982. The van der Waals surface area contributed by atoms with Gasteiger partial charge in [0, 0.05) is 0 Å². The number of carbonyl (C=O) groups is 1. The Morgan fingerprint density at radius 2 is 2.50 bits per heavy atom. The predicted molar refractivity (Wildman–Crippen MR) is 33.4 cm³/mol. The molecule has 0 aliphatic rings. The summed E-state index contributed by atoms with van der Waals surface area (Å²) in [6.07, 6.45) is 1.35. The average Bonchev–Trinajstić information content (AvgIpc) is 2.33. The van der Waals surface area contributed by atoms with Gasteiger partial charge in [-0.2, -0.15) is 0 Å². The van der Waals surface area contributed by atoms with E-state index in [0.717, 1.165) is 0 Å². The van der Waals surface area contributed by atoms with Crippen molar-refractivity contribution in [3.8, 4) is 0 Å². The van der Waals surface area contributed by atoms with Crippen LogP contribution in [0, 0.1) is 0 Å². The second-order valence-corrected chi connectivity index (χ2v) is 1.58. The van der Waals surface area contributed by atoms with E-state index in [1.54, 1.807) is 0 Å². The van der Waals surface area contributed by atoms with Crippen molar-refractivity contribution in [3.05, 3.63) is 18.0 Å². The van der Waals surface area contributed by atoms with Crippen LogP contribution in [0.3, 0.4) is 0 Å². The lowest BCUT2D eigenvalue weighted by atomic mass is 10.3. The van der Waals surface area contributed by atoms with Crippen LogP contribution < -0.4 is 0 Å². The SMILES string of the molecule is C=Cc1[nH]nnc1C(=O)O. The molecule has 0 atom stereocenters. The Labute approximate surface area is 56.4 Å². The molecule has 0 fully saturated rings. The normalized spacial score (nSPS) is 9.20. The number of H-pyrrole nitrogens is 1. The average molecular weight is 139 g/mol. The van der Waals surface area contributed by atoms with Gasteiger partial charge in [-0.15, -0.1) is 5.10 Å². The summed E-state index contributed by atoms with van der Waals surface area (Å²) in [5.74, 6) is -1.11. The number of nitrogens with one attached hydrogen (secondary N) is 1. The van der Waals surface area contributed by atoms with Crippen molar-refractivity contribution in [1.29, 1.82) is 0 Å². The predicted octanol–water partition coefficient (Wildman–Crippen LogP) is 0.146. The number of aromatic amines is 1. The van der Waals surface area contributed by atoms with Crippen LogP contribution in [-0.4, -0.2) is 26.5 Å². The minimum absolute atomic E-state index is 0.102. The van der Waals surface area contributed by atoms with E-state index < -0.39 is 5.97 Å². The van der Waals surface area contributed by atoms with E-state index in [-0.39, 0.29) is 5.69 Å². The fourth-order valence-electron chi connectivity index (χ4n) is 0.536. The van der Waals surface area contributed by atoms with Gasteiger partial charge in [-0.1, -0.05) is 11.8 Å². The van der Waals surface area contributed by atoms with Gasteiger partial charge in [-0.25, -0.2) is 4.79 Å². The summed E-state index contributed by atoms with van der Waals surface area (Å²) in [5.41, 5.74) is 0.225. The zero-order valence-corrected chi connectivity index (χ0v) is 5.03. The van der Waals surface area contributed by atoms with Gasteiger partial charge >= 0.3 is 5.97 Å². The molecule has 0 saturated carbocycles.